The van der Waals surface area contributed by atoms with Crippen LogP contribution in [0.4, 0.5) is 0 Å². The molecule has 3 aliphatic heterocycles. The van der Waals surface area contributed by atoms with Gasteiger partial charge < -0.3 is 110 Å². The van der Waals surface area contributed by atoms with Crippen molar-refractivity contribution in [1.82, 2.24) is 0 Å². The fourth-order valence-corrected chi connectivity index (χ4v) is 26.3. The van der Waals surface area contributed by atoms with Gasteiger partial charge in [0, 0.05) is 56.0 Å². The molecule has 0 bridgehead atoms. The number of ether oxygens (including phenoxy) is 12. The Kier molecular flexibility index (Phi) is 46.4. The molecule has 776 valence electrons. The predicted octanol–water partition coefficient (Wildman–Crippen LogP) is 24.1. The van der Waals surface area contributed by atoms with Gasteiger partial charge in [-0.25, -0.2) is 0 Å². The van der Waals surface area contributed by atoms with Crippen molar-refractivity contribution in [2.75, 3.05) is 89.3 Å². The lowest BCUT2D eigenvalue weighted by molar-refractivity contribution is -0.152. The number of benzene rings is 6. The van der Waals surface area contributed by atoms with E-state index in [1.165, 1.54) is 13.2 Å². The second-order valence-electron chi connectivity index (χ2n) is 43.0. The van der Waals surface area contributed by atoms with Gasteiger partial charge in [0.05, 0.1) is 91.1 Å². The Hall–Kier alpha value is -9.58. The van der Waals surface area contributed by atoms with Crippen molar-refractivity contribution >= 4 is 37.4 Å². The Morgan fingerprint density at radius 2 is 0.928 bits per heavy atom. The van der Waals surface area contributed by atoms with E-state index in [1.54, 1.807) is 87.5 Å². The first-order valence-electron chi connectivity index (χ1n) is 47.2. The molecule has 0 aliphatic carbocycles. The van der Waals surface area contributed by atoms with Crippen LogP contribution in [0.1, 0.15) is 237 Å². The molecule has 6 aromatic rings. The van der Waals surface area contributed by atoms with Gasteiger partial charge in [0.15, 0.2) is 96.7 Å². The molecule has 0 amide bonds. The number of hydrogen-bond donors (Lipinski definition) is 6. The fourth-order valence-electron chi connectivity index (χ4n) is 16.1. The summed E-state index contributed by atoms with van der Waals surface area (Å²) in [5, 5.41) is 60.2. The molecule has 0 radical (unpaired) electrons. The van der Waals surface area contributed by atoms with Crippen LogP contribution in [0.25, 0.3) is 10.4 Å². The van der Waals surface area contributed by atoms with Crippen molar-refractivity contribution in [3.05, 3.63) is 198 Å². The maximum absolute atomic E-state index is 11.7. The van der Waals surface area contributed by atoms with Crippen LogP contribution in [0.5, 0.6) is 69.0 Å². The van der Waals surface area contributed by atoms with E-state index in [1.807, 2.05) is 117 Å². The number of aliphatic hydroxyl groups excluding tert-OH is 2. The minimum Gasteiger partial charge on any atom is -0.516 e. The number of azide groups is 1. The van der Waals surface area contributed by atoms with Gasteiger partial charge in [0.2, 0.25) is 0 Å². The summed E-state index contributed by atoms with van der Waals surface area (Å²) < 4.78 is 98.1. The summed E-state index contributed by atoms with van der Waals surface area (Å²) in [6.07, 6.45) is 18.2. The molecule has 139 heavy (non-hydrogen) atoms. The molecular weight excluding hydrogens is 1820 g/mol. The first kappa shape index (κ1) is 122. The molecule has 0 unspecified atom stereocenters. The number of esters is 2. The molecule has 9 rings (SSSR count). The minimum absolute atomic E-state index is 0.0300. The van der Waals surface area contributed by atoms with Crippen molar-refractivity contribution < 1.29 is 119 Å². The Labute approximate surface area is 832 Å². The summed E-state index contributed by atoms with van der Waals surface area (Å²) in [7, 11) is 2.56. The molecule has 6 N–H and O–H groups in total. The van der Waals surface area contributed by atoms with Crippen LogP contribution < -0.4 is 37.3 Å². The van der Waals surface area contributed by atoms with Gasteiger partial charge in [-0.1, -0.05) is 200 Å². The first-order chi connectivity index (χ1) is 64.4. The van der Waals surface area contributed by atoms with Crippen molar-refractivity contribution in [2.45, 2.75) is 309 Å². The van der Waals surface area contributed by atoms with Crippen LogP contribution in [-0.4, -0.2) is 175 Å². The molecule has 3 heterocycles. The third kappa shape index (κ3) is 34.1. The Morgan fingerprint density at radius 3 is 1.35 bits per heavy atom. The molecule has 28 nitrogen and oxygen atoms in total. The van der Waals surface area contributed by atoms with Crippen LogP contribution in [0.15, 0.2) is 114 Å². The van der Waals surface area contributed by atoms with Gasteiger partial charge in [-0.3, -0.25) is 9.59 Å². The number of nitrogens with zero attached hydrogens (tertiary/aromatic N) is 3. The fraction of sp³-hybridized carbons (Fsp3) is 0.574. The van der Waals surface area contributed by atoms with Gasteiger partial charge >= 0.3 is 29.1 Å². The molecule has 2 atom stereocenters. The highest BCUT2D eigenvalue weighted by Gasteiger charge is 2.64. The van der Waals surface area contributed by atoms with Crippen LogP contribution in [0.3, 0.4) is 0 Å². The van der Waals surface area contributed by atoms with Crippen molar-refractivity contribution in [3.63, 3.8) is 0 Å². The van der Waals surface area contributed by atoms with E-state index in [-0.39, 0.29) is 106 Å². The summed E-state index contributed by atoms with van der Waals surface area (Å²) in [4.78, 5) is 26.4. The maximum Gasteiger partial charge on any atom is 0.410 e. The SMILES string of the molecule is COCOc1cc(C/C=C/COC(=O)C(C)(C)C)cc(C)c1OC.COCOc1cc(C/C=C/CO[Si](C)(C)C(C)(C)C)cc(C)c1O.COc1c(C)cc(C/C=C/CO)c2c1O[Si](C(C)(C)C)(C(C)(C)C)OC2.COc1c(C)cc(C/C=C/COC(=O)C(C)(C)C)c(CO)c1O.COc1c(C)cc(C[C@H](N=[N+]=[N-])[C@H]2COC(C)(C)O2)c2c1O[Si](C(C)(C)C)(C(C)(C)C)OC2.Cc1cccc(O)c1O. The zero-order valence-corrected chi connectivity index (χ0v) is 93.4. The highest BCUT2D eigenvalue weighted by atomic mass is 28.4. The smallest absolute Gasteiger partial charge is 0.410 e. The molecule has 31 heteroatoms. The van der Waals surface area contributed by atoms with E-state index < -0.39 is 48.1 Å². The summed E-state index contributed by atoms with van der Waals surface area (Å²) in [5.41, 5.74) is 21.1. The van der Waals surface area contributed by atoms with E-state index >= 15 is 0 Å². The van der Waals surface area contributed by atoms with Gasteiger partial charge in [-0.05, 0) is 232 Å². The Bertz CT molecular complexity index is 5110. The summed E-state index contributed by atoms with van der Waals surface area (Å²) in [5.74, 6) is 4.25. The highest BCUT2D eigenvalue weighted by molar-refractivity contribution is 6.75. The number of phenols is 4. The lowest BCUT2D eigenvalue weighted by atomic mass is 9.95. The number of aromatic hydroxyl groups is 4. The molecule has 3 aliphatic rings. The van der Waals surface area contributed by atoms with Crippen LogP contribution >= 0.6 is 0 Å². The van der Waals surface area contributed by atoms with Crippen molar-refractivity contribution in [3.8, 4) is 69.0 Å². The largest absolute Gasteiger partial charge is 0.516 e. The Balaban J connectivity index is 0.000000356. The van der Waals surface area contributed by atoms with E-state index in [4.69, 9.17) is 94.3 Å². The number of aryl methyl sites for hydroxylation is 6. The molecule has 1 fully saturated rings. The van der Waals surface area contributed by atoms with Crippen LogP contribution in [0, 0.1) is 52.4 Å². The third-order valence-electron chi connectivity index (χ3n) is 24.1. The van der Waals surface area contributed by atoms with E-state index in [9.17, 15) is 30.4 Å². The molecule has 1 saturated heterocycles. The predicted molar refractivity (Wildman–Crippen MR) is 556 cm³/mol. The highest BCUT2D eigenvalue weighted by Crippen LogP contribution is 2.59. The maximum atomic E-state index is 11.7. The Morgan fingerprint density at radius 1 is 0.511 bits per heavy atom. The average molecular weight is 1990 g/mol. The number of phenolic OH excluding ortho intramolecular Hbond substituents is 3. The first-order valence-corrected chi connectivity index (χ1v) is 53.8. The summed E-state index contributed by atoms with van der Waals surface area (Å²) >= 11 is 0. The minimum atomic E-state index is -2.74. The molecule has 6 aromatic carbocycles. The molecule has 0 saturated carbocycles. The number of para-hydroxylation sites is 1. The van der Waals surface area contributed by atoms with Gasteiger partial charge in [-0.15, -0.1) is 0 Å². The van der Waals surface area contributed by atoms with E-state index in [2.05, 4.69) is 158 Å². The average Bonchev–Trinajstić information content (AvgIpc) is 1.71. The second kappa shape index (κ2) is 53.0. The second-order valence-corrected chi connectivity index (χ2v) is 57.3. The van der Waals surface area contributed by atoms with Crippen LogP contribution in [-0.2, 0) is 103 Å². The number of carbonyl (C=O) groups excluding carboxylic acids is 2. The quantitative estimate of drug-likeness (QED) is 0.00344. The molecule has 0 spiro atoms. The van der Waals surface area contributed by atoms with Crippen LogP contribution in [0.2, 0.25) is 38.3 Å². The van der Waals surface area contributed by atoms with Crippen molar-refractivity contribution in [1.29, 1.82) is 0 Å². The standard InChI is InChI=1S/C24H39N3O5Si.C21H34O4Si.C19H28O5.C19H32O4Si.C18H26O5.C7H8O2/c1-15-11-16(12-18(26-27-25)19-14-29-24(8,9)31-19)17-13-30-33(22(2,3)4,23(5,6)7)32-21(17)20(15)28-10;1-15-13-16(11-9-10-12-22)17-14-24-26(20(2,3)4,21(5,6)7)25-19(17)18(15)23-8;1-14-11-15(12-16(17(14)22-6)24-13-21-5)9-7-8-10-23-18(20)19(2,3)4;1-15-12-16(13-17(18(15)20)22-14-21-5)10-8-9-11-23-24(6,7)19(2,3)4;1-12-10-13(14(11-19)15(20)16(12)22-5)8-6-7-9-23-17(21)18(2,3)4;1-5-3-2-4-6(8)7(5)9/h11,18-19H,12-14H2,1-10H3;9-10,13,22H,11-12,14H2,1-8H3;7-8,11-12H,9-10,13H2,1-6H3;8-9,12-13,20H,10-11,14H2,1-7H3;6-7,10,19-20H,8-9,11H2,1-5H3;2-4,8-9H,1H3/b;10-9+;8-7+;9-8+;7-6+;/t18-,19+;;;;;/m0...../s1. The zero-order valence-electron chi connectivity index (χ0n) is 90.4. The van der Waals surface area contributed by atoms with Gasteiger partial charge in [0.25, 0.3) is 0 Å². The normalized spacial score (nSPS) is 15.3. The topological polar surface area (TPSA) is 361 Å². The van der Waals surface area contributed by atoms with Gasteiger partial charge in [-0.2, -0.15) is 0 Å². The lowest BCUT2D eigenvalue weighted by Gasteiger charge is -2.51. The van der Waals surface area contributed by atoms with E-state index in [0.717, 1.165) is 103 Å². The number of fused-ring (bicyclic) bond motifs is 2. The van der Waals surface area contributed by atoms with Crippen molar-refractivity contribution in [2.24, 2.45) is 15.9 Å². The number of hydrogen-bond acceptors (Lipinski definition) is 26. The summed E-state index contributed by atoms with van der Waals surface area (Å²) in [6.45, 7) is 66.2. The monoisotopic (exact) mass is 1990 g/mol. The zero-order chi connectivity index (χ0) is 106. The molecular formula is C108H167N3O25Si3. The number of aliphatic hydroxyl groups is 2. The summed E-state index contributed by atoms with van der Waals surface area (Å²) in [6, 6.07) is 18.3. The number of methoxy groups -OCH3 is 6. The molecule has 0 aromatic heterocycles. The lowest BCUT2D eigenvalue weighted by Crippen LogP contribution is -2.61. The number of allylic oxidation sites excluding steroid dienone is 4. The third-order valence-corrected chi connectivity index (χ3v) is 38.6. The number of carbonyl (C=O) groups is 2. The van der Waals surface area contributed by atoms with Gasteiger partial charge in [0.1, 0.15) is 13.2 Å². The van der Waals surface area contributed by atoms with E-state index in [0.29, 0.717) is 79.8 Å². The number of rotatable bonds is 31.